The molecule has 0 heterocycles. The Hall–Kier alpha value is -0.840. The van der Waals surface area contributed by atoms with E-state index in [1.807, 2.05) is 0 Å². The molecule has 94 valence electrons. The highest BCUT2D eigenvalue weighted by atomic mass is 31.2. The first kappa shape index (κ1) is 15.2. The molecule has 0 radical (unpaired) electrons. The van der Waals surface area contributed by atoms with Gasteiger partial charge in [-0.3, -0.25) is 4.57 Å². The second-order valence-electron chi connectivity index (χ2n) is 2.67. The first-order valence-electron chi connectivity index (χ1n) is 4.97. The molecule has 0 aromatic rings. The highest BCUT2D eigenvalue weighted by Crippen LogP contribution is 2.46. The number of alkyl carbamates (subject to hydrolysis) is 1. The summed E-state index contributed by atoms with van der Waals surface area (Å²) < 4.78 is 26.4. The average molecular weight is 251 g/mol. The summed E-state index contributed by atoms with van der Waals surface area (Å²) >= 11 is 0. The smallest absolute Gasteiger partial charge is 0.407 e. The van der Waals surface area contributed by atoms with E-state index >= 15 is 0 Å². The van der Waals surface area contributed by atoms with Gasteiger partial charge in [0.15, 0.2) is 0 Å². The third-order valence-corrected chi connectivity index (χ3v) is 3.25. The number of hydrogen-bond donors (Lipinski definition) is 1. The van der Waals surface area contributed by atoms with Crippen molar-refractivity contribution < 1.29 is 23.1 Å². The van der Waals surface area contributed by atoms with E-state index in [0.717, 1.165) is 0 Å². The summed E-state index contributed by atoms with van der Waals surface area (Å²) in [6.07, 6.45) is 0.550. The molecule has 0 rings (SSSR count). The van der Waals surface area contributed by atoms with Crippen molar-refractivity contribution in [1.29, 1.82) is 0 Å². The van der Waals surface area contributed by atoms with Crippen LogP contribution in [0.1, 0.15) is 13.8 Å². The molecular formula is C9H18NO5P. The number of amides is 1. The van der Waals surface area contributed by atoms with Crippen LogP contribution in [0.5, 0.6) is 0 Å². The molecule has 1 amide bonds. The Balaban J connectivity index is 4.05. The summed E-state index contributed by atoms with van der Waals surface area (Å²) in [5.41, 5.74) is 0. The van der Waals surface area contributed by atoms with E-state index < -0.39 is 13.7 Å². The fraction of sp³-hybridized carbons (Fsp3) is 0.667. The van der Waals surface area contributed by atoms with Crippen molar-refractivity contribution in [3.63, 3.8) is 0 Å². The van der Waals surface area contributed by atoms with Crippen molar-refractivity contribution in [2.75, 3.05) is 26.1 Å². The van der Waals surface area contributed by atoms with Gasteiger partial charge in [-0.1, -0.05) is 12.7 Å². The minimum atomic E-state index is -3.24. The first-order chi connectivity index (χ1) is 7.58. The van der Waals surface area contributed by atoms with Crippen LogP contribution in [0.25, 0.3) is 0 Å². The lowest BCUT2D eigenvalue weighted by Crippen LogP contribution is -2.26. The van der Waals surface area contributed by atoms with Crippen molar-refractivity contribution in [2.45, 2.75) is 13.8 Å². The van der Waals surface area contributed by atoms with E-state index in [4.69, 9.17) is 9.05 Å². The van der Waals surface area contributed by atoms with Gasteiger partial charge in [0.2, 0.25) is 0 Å². The Morgan fingerprint density at radius 1 is 1.38 bits per heavy atom. The minimum absolute atomic E-state index is 0.0966. The van der Waals surface area contributed by atoms with Gasteiger partial charge < -0.3 is 19.1 Å². The monoisotopic (exact) mass is 251 g/mol. The summed E-state index contributed by atoms with van der Waals surface area (Å²) in [7, 11) is -3.24. The summed E-state index contributed by atoms with van der Waals surface area (Å²) in [5.74, 6) is 0. The van der Waals surface area contributed by atoms with E-state index in [1.54, 1.807) is 13.8 Å². The van der Waals surface area contributed by atoms with E-state index in [9.17, 15) is 9.36 Å². The second kappa shape index (κ2) is 8.33. The molecule has 0 fully saturated rings. The molecule has 0 saturated carbocycles. The fourth-order valence-corrected chi connectivity index (χ4v) is 2.24. The van der Waals surface area contributed by atoms with E-state index in [1.165, 1.54) is 6.08 Å². The van der Waals surface area contributed by atoms with Gasteiger partial charge in [0, 0.05) is 0 Å². The minimum Gasteiger partial charge on any atom is -0.445 e. The predicted molar refractivity (Wildman–Crippen MR) is 60.4 cm³/mol. The molecule has 0 aliphatic heterocycles. The number of rotatable bonds is 8. The van der Waals surface area contributed by atoms with E-state index in [0.29, 0.717) is 0 Å². The van der Waals surface area contributed by atoms with Crippen LogP contribution >= 0.6 is 7.60 Å². The quantitative estimate of drug-likeness (QED) is 0.528. The molecular weight excluding hydrogens is 233 g/mol. The van der Waals surface area contributed by atoms with Crippen LogP contribution in [-0.2, 0) is 18.3 Å². The van der Waals surface area contributed by atoms with E-state index in [2.05, 4.69) is 16.6 Å². The maximum absolute atomic E-state index is 11.9. The summed E-state index contributed by atoms with van der Waals surface area (Å²) in [5, 5.41) is 2.31. The molecule has 0 aliphatic carbocycles. The Morgan fingerprint density at radius 2 is 1.94 bits per heavy atom. The lowest BCUT2D eigenvalue weighted by atomic mass is 10.7. The van der Waals surface area contributed by atoms with Crippen molar-refractivity contribution >= 4 is 13.7 Å². The number of nitrogens with one attached hydrogen (secondary N) is 1. The van der Waals surface area contributed by atoms with Crippen LogP contribution in [-0.4, -0.2) is 32.2 Å². The van der Waals surface area contributed by atoms with Gasteiger partial charge in [-0.05, 0) is 13.8 Å². The van der Waals surface area contributed by atoms with Crippen LogP contribution in [0.15, 0.2) is 12.7 Å². The summed E-state index contributed by atoms with van der Waals surface area (Å²) in [6.45, 7) is 7.38. The van der Waals surface area contributed by atoms with Gasteiger partial charge in [0.1, 0.15) is 12.9 Å². The standard InChI is InChI=1S/C9H18NO5P/c1-4-7-13-9(11)10-8-16(12,14-5-2)15-6-3/h4H,1,5-8H2,2-3H3,(H,10,11). The van der Waals surface area contributed by atoms with Gasteiger partial charge in [-0.15, -0.1) is 0 Å². The van der Waals surface area contributed by atoms with Crippen molar-refractivity contribution in [3.05, 3.63) is 12.7 Å². The molecule has 0 bridgehead atoms. The molecule has 0 aromatic carbocycles. The molecule has 0 atom stereocenters. The molecule has 0 spiro atoms. The van der Waals surface area contributed by atoms with E-state index in [-0.39, 0.29) is 26.1 Å². The fourth-order valence-electron chi connectivity index (χ4n) is 0.869. The highest BCUT2D eigenvalue weighted by molar-refractivity contribution is 7.53. The Bertz CT molecular complexity index is 259. The maximum atomic E-state index is 11.9. The largest absolute Gasteiger partial charge is 0.445 e. The third kappa shape index (κ3) is 6.61. The molecule has 7 heteroatoms. The van der Waals surface area contributed by atoms with Gasteiger partial charge >= 0.3 is 13.7 Å². The predicted octanol–water partition coefficient (Wildman–Crippen LogP) is 2.12. The number of ether oxygens (including phenoxy) is 1. The van der Waals surface area contributed by atoms with Gasteiger partial charge in [-0.25, -0.2) is 4.79 Å². The number of carbonyl (C=O) groups excluding carboxylic acids is 1. The molecule has 0 saturated heterocycles. The van der Waals surface area contributed by atoms with Crippen LogP contribution in [0, 0.1) is 0 Å². The molecule has 6 nitrogen and oxygen atoms in total. The Kier molecular flexibility index (Phi) is 7.89. The Morgan fingerprint density at radius 3 is 2.38 bits per heavy atom. The van der Waals surface area contributed by atoms with Crippen LogP contribution in [0.3, 0.4) is 0 Å². The molecule has 16 heavy (non-hydrogen) atoms. The zero-order valence-corrected chi connectivity index (χ0v) is 10.5. The van der Waals surface area contributed by atoms with Gasteiger partial charge in [0.05, 0.1) is 13.2 Å². The normalized spacial score (nSPS) is 10.9. The molecule has 0 unspecified atom stereocenters. The van der Waals surface area contributed by atoms with Crippen LogP contribution in [0.2, 0.25) is 0 Å². The topological polar surface area (TPSA) is 73.9 Å². The molecule has 0 aromatic heterocycles. The van der Waals surface area contributed by atoms with Crippen molar-refractivity contribution in [3.8, 4) is 0 Å². The lowest BCUT2D eigenvalue weighted by molar-refractivity contribution is 0.157. The number of carbonyl (C=O) groups is 1. The lowest BCUT2D eigenvalue weighted by Gasteiger charge is -2.16. The third-order valence-electron chi connectivity index (χ3n) is 1.40. The molecule has 1 N–H and O–H groups in total. The number of hydrogen-bond acceptors (Lipinski definition) is 5. The van der Waals surface area contributed by atoms with Crippen LogP contribution in [0.4, 0.5) is 4.79 Å². The zero-order chi connectivity index (χ0) is 12.4. The average Bonchev–Trinajstić information content (AvgIpc) is 2.24. The van der Waals surface area contributed by atoms with Gasteiger partial charge in [0.25, 0.3) is 0 Å². The maximum Gasteiger partial charge on any atom is 0.407 e. The highest BCUT2D eigenvalue weighted by Gasteiger charge is 2.24. The SMILES string of the molecule is C=CCOC(=O)NCP(=O)(OCC)OCC. The Labute approximate surface area is 95.5 Å². The molecule has 0 aliphatic rings. The summed E-state index contributed by atoms with van der Waals surface area (Å²) in [6, 6.07) is 0. The zero-order valence-electron chi connectivity index (χ0n) is 9.60. The van der Waals surface area contributed by atoms with Crippen molar-refractivity contribution in [1.82, 2.24) is 5.32 Å². The van der Waals surface area contributed by atoms with Crippen LogP contribution < -0.4 is 5.32 Å². The van der Waals surface area contributed by atoms with Crippen molar-refractivity contribution in [2.24, 2.45) is 0 Å². The second-order valence-corrected chi connectivity index (χ2v) is 4.72. The summed E-state index contributed by atoms with van der Waals surface area (Å²) in [4.78, 5) is 11.0. The first-order valence-corrected chi connectivity index (χ1v) is 6.70. The van der Waals surface area contributed by atoms with Gasteiger partial charge in [-0.2, -0.15) is 0 Å².